The first-order valence-electron chi connectivity index (χ1n) is 9.86. The maximum atomic E-state index is 6.96. The van der Waals surface area contributed by atoms with Crippen LogP contribution >= 0.6 is 0 Å². The first-order valence-corrected chi connectivity index (χ1v) is 12.0. The molecule has 2 nitrogen and oxygen atoms in total. The van der Waals surface area contributed by atoms with Crippen LogP contribution in [0.3, 0.4) is 0 Å². The van der Waals surface area contributed by atoms with E-state index in [0.29, 0.717) is 16.6 Å². The Morgan fingerprint density at radius 2 is 1.27 bits per heavy atom. The topological polar surface area (TPSA) is 21.8 Å². The molecule has 1 saturated heterocycles. The van der Waals surface area contributed by atoms with Crippen LogP contribution in [0.5, 0.6) is 5.75 Å². The predicted molar refractivity (Wildman–Crippen MR) is 111 cm³/mol. The lowest BCUT2D eigenvalue weighted by atomic mass is 10.0. The number of ether oxygens (including phenoxy) is 1. The minimum Gasteiger partial charge on any atom is -0.542 e. The molecular formula is C23H32O2Si. The summed E-state index contributed by atoms with van der Waals surface area (Å²) in [6.07, 6.45) is 0.251. The van der Waals surface area contributed by atoms with E-state index in [2.05, 4.69) is 90.1 Å². The van der Waals surface area contributed by atoms with Gasteiger partial charge in [-0.2, -0.15) is 0 Å². The summed E-state index contributed by atoms with van der Waals surface area (Å²) in [6, 6.07) is 19.0. The highest BCUT2D eigenvalue weighted by atomic mass is 28.4. The van der Waals surface area contributed by atoms with Crippen LogP contribution in [0.4, 0.5) is 0 Å². The van der Waals surface area contributed by atoms with Crippen molar-refractivity contribution in [2.75, 3.05) is 0 Å². The molecule has 3 heteroatoms. The van der Waals surface area contributed by atoms with Gasteiger partial charge in [0.1, 0.15) is 18.0 Å². The highest BCUT2D eigenvalue weighted by Crippen LogP contribution is 2.54. The molecule has 0 amide bonds. The van der Waals surface area contributed by atoms with Crippen molar-refractivity contribution in [2.24, 2.45) is 0 Å². The number of rotatable bonds is 7. The van der Waals surface area contributed by atoms with Gasteiger partial charge in [0.15, 0.2) is 0 Å². The second kappa shape index (κ2) is 7.57. The Morgan fingerprint density at radius 1 is 0.731 bits per heavy atom. The van der Waals surface area contributed by atoms with Crippen molar-refractivity contribution >= 4 is 8.32 Å². The zero-order valence-electron chi connectivity index (χ0n) is 16.9. The van der Waals surface area contributed by atoms with Crippen LogP contribution in [0.2, 0.25) is 16.6 Å². The number of benzene rings is 2. The minimum absolute atomic E-state index is 0.104. The summed E-state index contributed by atoms with van der Waals surface area (Å²) in [5.41, 5.74) is 4.11. The van der Waals surface area contributed by atoms with Crippen molar-refractivity contribution in [1.29, 1.82) is 0 Å². The monoisotopic (exact) mass is 368 g/mol. The van der Waals surface area contributed by atoms with Crippen molar-refractivity contribution in [3.8, 4) is 5.75 Å². The van der Waals surface area contributed by atoms with Crippen molar-refractivity contribution in [3.05, 3.63) is 65.7 Å². The second-order valence-electron chi connectivity index (χ2n) is 8.35. The molecule has 0 unspecified atom stereocenters. The Morgan fingerprint density at radius 3 is 1.85 bits per heavy atom. The molecule has 0 radical (unpaired) electrons. The zero-order chi connectivity index (χ0) is 18.9. The van der Waals surface area contributed by atoms with Gasteiger partial charge in [-0.05, 0) is 28.3 Å². The van der Waals surface area contributed by atoms with Crippen LogP contribution in [-0.4, -0.2) is 8.32 Å². The van der Waals surface area contributed by atoms with Gasteiger partial charge in [-0.15, -0.1) is 0 Å². The fourth-order valence-corrected chi connectivity index (χ4v) is 9.87. The molecule has 2 aromatic carbocycles. The smallest absolute Gasteiger partial charge is 0.258 e. The van der Waals surface area contributed by atoms with Crippen molar-refractivity contribution in [2.45, 2.75) is 70.4 Å². The molecule has 0 aromatic heterocycles. The highest BCUT2D eigenvalue weighted by Gasteiger charge is 2.49. The molecule has 26 heavy (non-hydrogen) atoms. The van der Waals surface area contributed by atoms with Crippen molar-refractivity contribution in [1.82, 2.24) is 0 Å². The quantitative estimate of drug-likeness (QED) is 0.385. The van der Waals surface area contributed by atoms with E-state index in [1.165, 1.54) is 11.1 Å². The van der Waals surface area contributed by atoms with Gasteiger partial charge >= 0.3 is 0 Å². The van der Waals surface area contributed by atoms with Crippen LogP contribution < -0.4 is 4.43 Å². The normalized spacial score (nSPS) is 20.0. The van der Waals surface area contributed by atoms with Gasteiger partial charge in [0, 0.05) is 5.56 Å². The van der Waals surface area contributed by atoms with E-state index in [1.807, 2.05) is 6.07 Å². The van der Waals surface area contributed by atoms with E-state index in [0.717, 1.165) is 5.75 Å². The van der Waals surface area contributed by atoms with E-state index in [-0.39, 0.29) is 12.2 Å². The molecule has 0 aliphatic carbocycles. The fraction of sp³-hybridized carbons (Fsp3) is 0.478. The molecule has 0 N–H and O–H groups in total. The number of epoxide rings is 1. The van der Waals surface area contributed by atoms with Gasteiger partial charge < -0.3 is 9.16 Å². The van der Waals surface area contributed by atoms with Gasteiger partial charge in [-0.1, -0.05) is 90.1 Å². The zero-order valence-corrected chi connectivity index (χ0v) is 17.9. The summed E-state index contributed by atoms with van der Waals surface area (Å²) in [6.45, 7) is 14.0. The van der Waals surface area contributed by atoms with E-state index < -0.39 is 8.32 Å². The molecule has 0 saturated carbocycles. The number of hydrogen-bond acceptors (Lipinski definition) is 2. The number of hydrogen-bond donors (Lipinski definition) is 0. The molecule has 1 aliphatic rings. The molecule has 140 valence electrons. The maximum absolute atomic E-state index is 6.96. The van der Waals surface area contributed by atoms with Gasteiger partial charge in [-0.25, -0.2) is 0 Å². The lowest BCUT2D eigenvalue weighted by Gasteiger charge is -2.42. The van der Waals surface area contributed by atoms with Gasteiger partial charge in [0.05, 0.1) is 0 Å². The van der Waals surface area contributed by atoms with Crippen molar-refractivity contribution < 1.29 is 9.16 Å². The minimum atomic E-state index is -1.97. The van der Waals surface area contributed by atoms with Crippen LogP contribution in [0, 0.1) is 0 Å². The molecule has 1 heterocycles. The average molecular weight is 369 g/mol. The van der Waals surface area contributed by atoms with E-state index >= 15 is 0 Å². The maximum Gasteiger partial charge on any atom is 0.258 e. The summed E-state index contributed by atoms with van der Waals surface area (Å²) >= 11 is 0. The van der Waals surface area contributed by atoms with E-state index in [9.17, 15) is 0 Å². The number of para-hydroxylation sites is 1. The van der Waals surface area contributed by atoms with Crippen LogP contribution in [0.25, 0.3) is 0 Å². The van der Waals surface area contributed by atoms with Gasteiger partial charge in [-0.3, -0.25) is 0 Å². The Hall–Kier alpha value is -1.58. The average Bonchev–Trinajstić information content (AvgIpc) is 3.40. The van der Waals surface area contributed by atoms with Crippen molar-refractivity contribution in [3.63, 3.8) is 0 Å². The summed E-state index contributed by atoms with van der Waals surface area (Å²) in [7, 11) is -1.97. The summed E-state index contributed by atoms with van der Waals surface area (Å²) in [5.74, 6) is 1.03. The summed E-state index contributed by atoms with van der Waals surface area (Å²) in [4.78, 5) is 0. The second-order valence-corrected chi connectivity index (χ2v) is 13.7. The van der Waals surface area contributed by atoms with E-state index in [1.54, 1.807) is 0 Å². The summed E-state index contributed by atoms with van der Waals surface area (Å²) < 4.78 is 13.0. The van der Waals surface area contributed by atoms with Gasteiger partial charge in [0.25, 0.3) is 8.32 Å². The molecule has 1 aliphatic heterocycles. The Bertz CT molecular complexity index is 702. The fourth-order valence-electron chi connectivity index (χ4n) is 4.60. The van der Waals surface area contributed by atoms with Crippen LogP contribution in [0.1, 0.15) is 64.9 Å². The first-order chi connectivity index (χ1) is 12.4. The molecule has 2 atom stereocenters. The third-order valence-corrected chi connectivity index (χ3v) is 11.8. The Balaban J connectivity index is 1.91. The first kappa shape index (κ1) is 19.2. The SMILES string of the molecule is CC(C)[Si](Oc1ccccc1[C@H]1O[C@@H]1c1ccccc1)(C(C)C)C(C)C. The van der Waals surface area contributed by atoms with Gasteiger partial charge in [0.2, 0.25) is 0 Å². The third kappa shape index (κ3) is 3.47. The molecule has 1 fully saturated rings. The van der Waals surface area contributed by atoms with Crippen LogP contribution in [-0.2, 0) is 4.74 Å². The molecule has 0 spiro atoms. The lowest BCUT2D eigenvalue weighted by molar-refractivity contribution is 0.373. The standard InChI is InChI=1S/C23H32O2Si/c1-16(2)26(17(3)4,18(5)6)25-21-15-11-10-14-20(21)23-22(24-23)19-12-8-7-9-13-19/h7-18,22-23H,1-6H3/t22-,23-/m1/s1. The Labute approximate surface area is 159 Å². The Kier molecular flexibility index (Phi) is 5.59. The van der Waals surface area contributed by atoms with Crippen LogP contribution in [0.15, 0.2) is 54.6 Å². The lowest BCUT2D eigenvalue weighted by Crippen LogP contribution is -2.50. The third-order valence-electron chi connectivity index (χ3n) is 5.84. The summed E-state index contributed by atoms with van der Waals surface area (Å²) in [5, 5.41) is 0. The molecule has 0 bridgehead atoms. The molecular weight excluding hydrogens is 336 g/mol. The predicted octanol–water partition coefficient (Wildman–Crippen LogP) is 7.05. The highest BCUT2D eigenvalue weighted by molar-refractivity contribution is 6.78. The molecule has 2 aromatic rings. The largest absolute Gasteiger partial charge is 0.542 e. The molecule has 3 rings (SSSR count). The van der Waals surface area contributed by atoms with E-state index in [4.69, 9.17) is 9.16 Å².